The highest BCUT2D eigenvalue weighted by Gasteiger charge is 2.08. The molecule has 1 aliphatic carbocycles. The van der Waals surface area contributed by atoms with Crippen LogP contribution in [0.3, 0.4) is 0 Å². The van der Waals surface area contributed by atoms with Crippen LogP contribution in [0.15, 0.2) is 23.8 Å². The number of allylic oxidation sites excluding steroid dienone is 4. The molecule has 0 aliphatic heterocycles. The molecular weight excluding hydrogens is 136 g/mol. The second kappa shape index (κ2) is 4.12. The van der Waals surface area contributed by atoms with Crippen LogP contribution in [0.2, 0.25) is 0 Å². The molecule has 1 nitrogen and oxygen atoms in total. The monoisotopic (exact) mass is 150 g/mol. The molecule has 0 bridgehead atoms. The van der Waals surface area contributed by atoms with Crippen LogP contribution in [0.4, 0.5) is 0 Å². The van der Waals surface area contributed by atoms with Crippen LogP contribution < -0.4 is 0 Å². The summed E-state index contributed by atoms with van der Waals surface area (Å²) in [6.45, 7) is 2.16. The Hall–Kier alpha value is -0.850. The normalized spacial score (nSPS) is 20.1. The summed E-state index contributed by atoms with van der Waals surface area (Å²) in [5.41, 5.74) is 0.915. The van der Waals surface area contributed by atoms with E-state index >= 15 is 0 Å². The van der Waals surface area contributed by atoms with Gasteiger partial charge in [-0.25, -0.2) is 0 Å². The van der Waals surface area contributed by atoms with E-state index in [4.69, 9.17) is 0 Å². The van der Waals surface area contributed by atoms with Gasteiger partial charge in [-0.05, 0) is 6.42 Å². The van der Waals surface area contributed by atoms with Gasteiger partial charge in [0.15, 0.2) is 5.78 Å². The molecule has 0 heterocycles. The van der Waals surface area contributed by atoms with Crippen molar-refractivity contribution in [3.63, 3.8) is 0 Å². The van der Waals surface area contributed by atoms with Gasteiger partial charge in [-0.15, -0.1) is 0 Å². The van der Waals surface area contributed by atoms with Gasteiger partial charge in [0.25, 0.3) is 0 Å². The van der Waals surface area contributed by atoms with E-state index in [-0.39, 0.29) is 5.78 Å². The molecule has 1 heteroatoms. The number of rotatable bonds is 3. The largest absolute Gasteiger partial charge is 0.294 e. The van der Waals surface area contributed by atoms with E-state index < -0.39 is 0 Å². The summed E-state index contributed by atoms with van der Waals surface area (Å²) in [7, 11) is 0. The van der Waals surface area contributed by atoms with Crippen LogP contribution in [0.25, 0.3) is 0 Å². The van der Waals surface area contributed by atoms with Gasteiger partial charge in [-0.3, -0.25) is 4.79 Å². The van der Waals surface area contributed by atoms with Gasteiger partial charge in [-0.1, -0.05) is 38.0 Å². The third-order valence-electron chi connectivity index (χ3n) is 1.84. The molecule has 0 radical (unpaired) electrons. The van der Waals surface area contributed by atoms with Gasteiger partial charge in [-0.2, -0.15) is 0 Å². The Bertz CT molecular complexity index is 199. The van der Waals surface area contributed by atoms with Crippen LogP contribution >= 0.6 is 0 Å². The van der Waals surface area contributed by atoms with Crippen LogP contribution in [0.1, 0.15) is 32.6 Å². The van der Waals surface area contributed by atoms with E-state index in [2.05, 4.69) is 13.0 Å². The Morgan fingerprint density at radius 1 is 1.64 bits per heavy atom. The molecule has 0 aromatic carbocycles. The van der Waals surface area contributed by atoms with Crippen LogP contribution in [0.5, 0.6) is 0 Å². The van der Waals surface area contributed by atoms with Gasteiger partial charge >= 0.3 is 0 Å². The Balaban J connectivity index is 2.39. The molecule has 60 valence electrons. The Morgan fingerprint density at radius 2 is 2.45 bits per heavy atom. The molecular formula is C10H14O. The standard InChI is InChI=1S/C10H14O/c1-2-3-4-6-9-7-5-8-10(9)11/h5-7H,2-4,8H2,1H3. The summed E-state index contributed by atoms with van der Waals surface area (Å²) in [5, 5.41) is 0. The van der Waals surface area contributed by atoms with Gasteiger partial charge in [0.05, 0.1) is 0 Å². The van der Waals surface area contributed by atoms with Crippen molar-refractivity contribution in [3.05, 3.63) is 23.8 Å². The molecule has 0 spiro atoms. The van der Waals surface area contributed by atoms with E-state index in [1.165, 1.54) is 12.8 Å². The third kappa shape index (κ3) is 2.34. The van der Waals surface area contributed by atoms with Crippen molar-refractivity contribution in [2.45, 2.75) is 32.6 Å². The number of carbonyl (C=O) groups excluding carboxylic acids is 1. The maximum atomic E-state index is 11.0. The van der Waals surface area contributed by atoms with Crippen molar-refractivity contribution in [2.75, 3.05) is 0 Å². The predicted octanol–water partition coefficient (Wildman–Crippen LogP) is 2.63. The molecule has 0 aromatic rings. The molecule has 0 saturated carbocycles. The SMILES string of the molecule is CCCCC=C1C=CCC1=O. The summed E-state index contributed by atoms with van der Waals surface area (Å²) >= 11 is 0. The van der Waals surface area contributed by atoms with E-state index in [0.717, 1.165) is 12.0 Å². The van der Waals surface area contributed by atoms with Crippen LogP contribution in [-0.4, -0.2) is 5.78 Å². The smallest absolute Gasteiger partial charge is 0.166 e. The molecule has 11 heavy (non-hydrogen) atoms. The minimum atomic E-state index is 0.279. The van der Waals surface area contributed by atoms with E-state index in [1.807, 2.05) is 12.2 Å². The number of carbonyl (C=O) groups is 1. The lowest BCUT2D eigenvalue weighted by molar-refractivity contribution is -0.114. The van der Waals surface area contributed by atoms with E-state index in [1.54, 1.807) is 0 Å². The maximum Gasteiger partial charge on any atom is 0.166 e. The fourth-order valence-electron chi connectivity index (χ4n) is 1.15. The molecule has 1 rings (SSSR count). The molecule has 0 atom stereocenters. The number of Topliss-reactive ketones (excluding diaryl/α,β-unsaturated/α-hetero) is 1. The first-order valence-electron chi connectivity index (χ1n) is 4.24. The zero-order valence-corrected chi connectivity index (χ0v) is 6.97. The second-order valence-corrected chi connectivity index (χ2v) is 2.83. The predicted molar refractivity (Wildman–Crippen MR) is 46.4 cm³/mol. The Morgan fingerprint density at radius 3 is 3.00 bits per heavy atom. The molecule has 0 fully saturated rings. The Labute approximate surface area is 67.8 Å². The molecule has 1 aliphatic rings. The first-order valence-corrected chi connectivity index (χ1v) is 4.24. The Kier molecular flexibility index (Phi) is 3.09. The summed E-state index contributed by atoms with van der Waals surface area (Å²) in [6.07, 6.45) is 9.94. The summed E-state index contributed by atoms with van der Waals surface area (Å²) in [4.78, 5) is 11.0. The quantitative estimate of drug-likeness (QED) is 0.446. The third-order valence-corrected chi connectivity index (χ3v) is 1.84. The second-order valence-electron chi connectivity index (χ2n) is 2.83. The summed E-state index contributed by atoms with van der Waals surface area (Å²) in [6, 6.07) is 0. The first-order chi connectivity index (χ1) is 5.34. The van der Waals surface area contributed by atoms with Gasteiger partial charge < -0.3 is 0 Å². The molecule has 0 unspecified atom stereocenters. The van der Waals surface area contributed by atoms with Crippen LogP contribution in [-0.2, 0) is 4.79 Å². The zero-order valence-electron chi connectivity index (χ0n) is 6.97. The average Bonchev–Trinajstić information content (AvgIpc) is 2.37. The zero-order chi connectivity index (χ0) is 8.10. The average molecular weight is 150 g/mol. The summed E-state index contributed by atoms with van der Waals surface area (Å²) < 4.78 is 0. The highest BCUT2D eigenvalue weighted by Crippen LogP contribution is 2.13. The fourth-order valence-corrected chi connectivity index (χ4v) is 1.15. The summed E-state index contributed by atoms with van der Waals surface area (Å²) in [5.74, 6) is 0.279. The molecule has 0 amide bonds. The van der Waals surface area contributed by atoms with Crippen molar-refractivity contribution in [1.29, 1.82) is 0 Å². The van der Waals surface area contributed by atoms with Crippen molar-refractivity contribution in [1.82, 2.24) is 0 Å². The maximum absolute atomic E-state index is 11.0. The molecule has 0 saturated heterocycles. The highest BCUT2D eigenvalue weighted by atomic mass is 16.1. The van der Waals surface area contributed by atoms with Gasteiger partial charge in [0.2, 0.25) is 0 Å². The lowest BCUT2D eigenvalue weighted by Crippen LogP contribution is -1.91. The highest BCUT2D eigenvalue weighted by molar-refractivity contribution is 6.01. The van der Waals surface area contributed by atoms with Gasteiger partial charge in [0, 0.05) is 12.0 Å². The van der Waals surface area contributed by atoms with Crippen molar-refractivity contribution in [3.8, 4) is 0 Å². The number of hydrogen-bond acceptors (Lipinski definition) is 1. The number of unbranched alkanes of at least 4 members (excludes halogenated alkanes) is 2. The van der Waals surface area contributed by atoms with Crippen molar-refractivity contribution in [2.24, 2.45) is 0 Å². The number of hydrogen-bond donors (Lipinski definition) is 0. The lowest BCUT2D eigenvalue weighted by Gasteiger charge is -1.92. The van der Waals surface area contributed by atoms with Gasteiger partial charge in [0.1, 0.15) is 0 Å². The minimum Gasteiger partial charge on any atom is -0.294 e. The topological polar surface area (TPSA) is 17.1 Å². The molecule has 0 aromatic heterocycles. The van der Waals surface area contributed by atoms with Crippen LogP contribution in [0, 0.1) is 0 Å². The minimum absolute atomic E-state index is 0.279. The first kappa shape index (κ1) is 8.25. The fraction of sp³-hybridized carbons (Fsp3) is 0.500. The molecule has 0 N–H and O–H groups in total. The van der Waals surface area contributed by atoms with E-state index in [9.17, 15) is 4.79 Å². The van der Waals surface area contributed by atoms with Crippen molar-refractivity contribution >= 4 is 5.78 Å². The van der Waals surface area contributed by atoms with Crippen molar-refractivity contribution < 1.29 is 4.79 Å². The number of ketones is 1. The van der Waals surface area contributed by atoms with E-state index in [0.29, 0.717) is 6.42 Å². The lowest BCUT2D eigenvalue weighted by atomic mass is 10.1.